The van der Waals surface area contributed by atoms with Crippen LogP contribution in [0.1, 0.15) is 194 Å². The number of unbranched alkanes of at least 4 members (excludes halogenated alkanes) is 23. The Morgan fingerprint density at radius 3 is 1.30 bits per heavy atom. The van der Waals surface area contributed by atoms with Gasteiger partial charge in [0.15, 0.2) is 0 Å². The summed E-state index contributed by atoms with van der Waals surface area (Å²) in [6, 6.07) is -0.486. The minimum absolute atomic E-state index is 0.00289. The number of likely N-dealkylation sites (N-methyl/N-ethyl adjacent to an activating group) is 1. The lowest BCUT2D eigenvalue weighted by Gasteiger charge is -2.22. The van der Waals surface area contributed by atoms with Gasteiger partial charge in [-0.05, 0) is 78.3 Å². The van der Waals surface area contributed by atoms with Crippen LogP contribution in [-0.4, -0.2) is 49.9 Å². The topological polar surface area (TPSA) is 61.4 Å². The molecule has 5 nitrogen and oxygen atoms in total. The largest absolute Gasteiger partial charge is 0.354 e. The fourth-order valence-electron chi connectivity index (χ4n) is 5.89. The molecule has 0 fully saturated rings. The van der Waals surface area contributed by atoms with Crippen molar-refractivity contribution in [1.82, 2.24) is 15.5 Å². The Morgan fingerprint density at radius 2 is 0.891 bits per heavy atom. The van der Waals surface area contributed by atoms with Crippen LogP contribution in [0.15, 0.2) is 24.3 Å². The summed E-state index contributed by atoms with van der Waals surface area (Å²) in [5.74, 6) is -0.0591. The highest BCUT2D eigenvalue weighted by Crippen LogP contribution is 2.11. The molecule has 0 rings (SSSR count). The van der Waals surface area contributed by atoms with Crippen LogP contribution in [0.4, 0.5) is 0 Å². The van der Waals surface area contributed by atoms with Crippen LogP contribution in [-0.2, 0) is 9.59 Å². The van der Waals surface area contributed by atoms with Gasteiger partial charge in [-0.3, -0.25) is 9.59 Å². The molecule has 270 valence electrons. The lowest BCUT2D eigenvalue weighted by molar-refractivity contribution is -0.129. The summed E-state index contributed by atoms with van der Waals surface area (Å²) in [5, 5.41) is 6.07. The van der Waals surface area contributed by atoms with Crippen molar-refractivity contribution in [3.05, 3.63) is 24.3 Å². The Hall–Kier alpha value is -1.62. The first kappa shape index (κ1) is 44.4. The van der Waals surface area contributed by atoms with Crippen LogP contribution in [0, 0.1) is 0 Å². The molecule has 0 saturated heterocycles. The van der Waals surface area contributed by atoms with E-state index in [0.29, 0.717) is 19.5 Å². The third-order valence-corrected chi connectivity index (χ3v) is 8.85. The smallest absolute Gasteiger partial charge is 0.243 e. The molecule has 0 aliphatic carbocycles. The monoisotopic (exact) mass is 646 g/mol. The molecule has 0 aliphatic heterocycles. The summed E-state index contributed by atoms with van der Waals surface area (Å²) in [7, 11) is 3.89. The molecule has 0 aromatic heterocycles. The van der Waals surface area contributed by atoms with Gasteiger partial charge in [-0.15, -0.1) is 0 Å². The predicted octanol–water partition coefficient (Wildman–Crippen LogP) is 11.2. The van der Waals surface area contributed by atoms with E-state index in [1.807, 2.05) is 19.0 Å². The molecule has 0 bridgehead atoms. The van der Waals surface area contributed by atoms with Crippen molar-refractivity contribution in [1.29, 1.82) is 0 Å². The normalized spacial score (nSPS) is 12.5. The van der Waals surface area contributed by atoms with Crippen LogP contribution >= 0.6 is 0 Å². The second kappa shape index (κ2) is 36.2. The van der Waals surface area contributed by atoms with Gasteiger partial charge in [0, 0.05) is 19.5 Å². The van der Waals surface area contributed by atoms with Gasteiger partial charge in [-0.2, -0.15) is 0 Å². The second-order valence-electron chi connectivity index (χ2n) is 13.9. The Bertz CT molecular complexity index is 718. The lowest BCUT2D eigenvalue weighted by atomic mass is 10.1. The summed E-state index contributed by atoms with van der Waals surface area (Å²) in [4.78, 5) is 27.4. The highest BCUT2D eigenvalue weighted by molar-refractivity contribution is 5.87. The van der Waals surface area contributed by atoms with Crippen molar-refractivity contribution >= 4 is 11.8 Å². The Kier molecular flexibility index (Phi) is 34.9. The number of carbonyl (C=O) groups excluding carboxylic acids is 2. The van der Waals surface area contributed by atoms with Gasteiger partial charge in [0.05, 0.1) is 0 Å². The van der Waals surface area contributed by atoms with Crippen LogP contribution in [0.2, 0.25) is 0 Å². The lowest BCUT2D eigenvalue weighted by Crippen LogP contribution is -2.51. The van der Waals surface area contributed by atoms with E-state index in [1.165, 1.54) is 148 Å². The second-order valence-corrected chi connectivity index (χ2v) is 13.9. The summed E-state index contributed by atoms with van der Waals surface area (Å²) in [6.45, 7) is 5.76. The zero-order valence-electron chi connectivity index (χ0n) is 31.4. The van der Waals surface area contributed by atoms with Gasteiger partial charge in [-0.1, -0.05) is 147 Å². The fraction of sp³-hybridized carbons (Fsp3) is 0.854. The van der Waals surface area contributed by atoms with E-state index in [4.69, 9.17) is 0 Å². The molecule has 2 N–H and O–H groups in total. The molecule has 0 aromatic rings. The van der Waals surface area contributed by atoms with E-state index in [-0.39, 0.29) is 11.8 Å². The van der Waals surface area contributed by atoms with Gasteiger partial charge in [0.25, 0.3) is 0 Å². The van der Waals surface area contributed by atoms with Gasteiger partial charge >= 0.3 is 0 Å². The third-order valence-electron chi connectivity index (χ3n) is 8.85. The number of allylic oxidation sites excluding steroid dienone is 4. The quantitative estimate of drug-likeness (QED) is 0.0532. The van der Waals surface area contributed by atoms with Gasteiger partial charge < -0.3 is 15.5 Å². The van der Waals surface area contributed by atoms with Gasteiger partial charge in [0.2, 0.25) is 11.8 Å². The molecule has 5 heteroatoms. The van der Waals surface area contributed by atoms with Crippen LogP contribution in [0.3, 0.4) is 0 Å². The molecule has 0 saturated carbocycles. The molecule has 1 unspecified atom stereocenters. The minimum Gasteiger partial charge on any atom is -0.354 e. The van der Waals surface area contributed by atoms with Crippen molar-refractivity contribution in [3.63, 3.8) is 0 Å². The van der Waals surface area contributed by atoms with Crippen molar-refractivity contribution in [2.75, 3.05) is 27.2 Å². The number of hydrogen-bond acceptors (Lipinski definition) is 3. The highest BCUT2D eigenvalue weighted by Gasteiger charge is 2.20. The van der Waals surface area contributed by atoms with E-state index < -0.39 is 6.04 Å². The van der Waals surface area contributed by atoms with E-state index >= 15 is 0 Å². The Morgan fingerprint density at radius 1 is 0.522 bits per heavy atom. The maximum absolute atomic E-state index is 12.8. The minimum atomic E-state index is -0.486. The van der Waals surface area contributed by atoms with E-state index in [2.05, 4.69) is 48.8 Å². The van der Waals surface area contributed by atoms with Gasteiger partial charge in [0.1, 0.15) is 6.04 Å². The molecule has 2 amide bonds. The molecule has 0 heterocycles. The average Bonchev–Trinajstić information content (AvgIpc) is 3.03. The maximum atomic E-state index is 12.8. The fourth-order valence-corrected chi connectivity index (χ4v) is 5.89. The molecule has 0 aliphatic rings. The maximum Gasteiger partial charge on any atom is 0.243 e. The Balaban J connectivity index is 3.79. The van der Waals surface area contributed by atoms with Crippen molar-refractivity contribution in [2.24, 2.45) is 0 Å². The van der Waals surface area contributed by atoms with E-state index in [0.717, 1.165) is 25.7 Å². The van der Waals surface area contributed by atoms with Crippen molar-refractivity contribution in [2.45, 2.75) is 200 Å². The number of nitrogens with one attached hydrogen (secondary N) is 2. The zero-order chi connectivity index (χ0) is 33.8. The summed E-state index contributed by atoms with van der Waals surface area (Å²) >= 11 is 0. The van der Waals surface area contributed by atoms with E-state index in [1.54, 1.807) is 0 Å². The first-order valence-corrected chi connectivity index (χ1v) is 20.0. The van der Waals surface area contributed by atoms with Crippen LogP contribution < -0.4 is 10.6 Å². The van der Waals surface area contributed by atoms with E-state index in [9.17, 15) is 9.59 Å². The van der Waals surface area contributed by atoms with Crippen LogP contribution in [0.25, 0.3) is 0 Å². The highest BCUT2D eigenvalue weighted by atomic mass is 16.2. The average molecular weight is 646 g/mol. The first-order valence-electron chi connectivity index (χ1n) is 20.0. The molecule has 0 radical (unpaired) electrons. The van der Waals surface area contributed by atoms with Gasteiger partial charge in [-0.25, -0.2) is 0 Å². The van der Waals surface area contributed by atoms with Crippen molar-refractivity contribution in [3.8, 4) is 0 Å². The number of nitrogens with zero attached hydrogens (tertiary/aromatic N) is 1. The summed E-state index contributed by atoms with van der Waals surface area (Å²) in [6.07, 6.45) is 44.1. The SMILES string of the molecule is CCCCCCCCC=CCCCCCCCCNC(=O)C(CN(C)C)NC(=O)CCCCCCCC=CCCCCCCCC. The third kappa shape index (κ3) is 33.7. The number of carbonyl (C=O) groups is 2. The molecule has 0 spiro atoms. The molecular weight excluding hydrogens is 566 g/mol. The molecular formula is C41H79N3O2. The standard InChI is InChI=1S/C41H79N3O2/c1-5-7-9-11-13-15-17-19-21-23-25-27-29-31-33-35-37-42-41(46)39(38-44(3)4)43-40(45)36-34-32-30-28-26-24-22-20-18-16-14-12-10-8-6-2/h19-22,39H,5-18,23-38H2,1-4H3,(H,42,46)(H,43,45). The predicted molar refractivity (Wildman–Crippen MR) is 202 cm³/mol. The zero-order valence-corrected chi connectivity index (χ0v) is 31.4. The summed E-state index contributed by atoms with van der Waals surface area (Å²) < 4.78 is 0. The molecule has 1 atom stereocenters. The summed E-state index contributed by atoms with van der Waals surface area (Å²) in [5.41, 5.74) is 0. The number of rotatable bonds is 35. The van der Waals surface area contributed by atoms with Crippen LogP contribution in [0.5, 0.6) is 0 Å². The number of amides is 2. The Labute approximate surface area is 287 Å². The number of hydrogen-bond donors (Lipinski definition) is 2. The molecule has 0 aromatic carbocycles. The first-order chi connectivity index (χ1) is 22.5. The van der Waals surface area contributed by atoms with Crippen molar-refractivity contribution < 1.29 is 9.59 Å². The molecule has 46 heavy (non-hydrogen) atoms.